The molecule has 0 bridgehead atoms. The maximum Gasteiger partial charge on any atom is 0.329 e. The van der Waals surface area contributed by atoms with Gasteiger partial charge in [0.25, 0.3) is 0 Å². The number of para-hydroxylation sites is 1. The number of anilines is 1. The van der Waals surface area contributed by atoms with Gasteiger partial charge in [0.1, 0.15) is 6.54 Å². The van der Waals surface area contributed by atoms with E-state index in [0.717, 1.165) is 4.31 Å². The molecule has 0 aliphatic rings. The standard InChI is InChI=1S/C20H24N4O4S/c1-5-23-17-12-11-16(29(27,28)21(2)3)13-18(17)24(20(23)26)14-19(25)22(4)15-9-7-6-8-10-15/h6-13H,5,14H2,1-4H3. The molecule has 1 heterocycles. The highest BCUT2D eigenvalue weighted by atomic mass is 32.2. The first kappa shape index (κ1) is 20.8. The maximum atomic E-state index is 12.9. The summed E-state index contributed by atoms with van der Waals surface area (Å²) in [7, 11) is 0.866. The molecule has 0 atom stereocenters. The Labute approximate surface area is 169 Å². The molecule has 0 saturated heterocycles. The van der Waals surface area contributed by atoms with Crippen LogP contribution in [-0.2, 0) is 27.9 Å². The van der Waals surface area contributed by atoms with Crippen LogP contribution in [0.4, 0.5) is 5.69 Å². The molecule has 0 saturated carbocycles. The fraction of sp³-hybridized carbons (Fsp3) is 0.300. The fourth-order valence-corrected chi connectivity index (χ4v) is 4.09. The number of amides is 1. The second-order valence-corrected chi connectivity index (χ2v) is 8.99. The van der Waals surface area contributed by atoms with Gasteiger partial charge < -0.3 is 4.90 Å². The van der Waals surface area contributed by atoms with E-state index in [4.69, 9.17) is 0 Å². The summed E-state index contributed by atoms with van der Waals surface area (Å²) in [5, 5.41) is 0. The lowest BCUT2D eigenvalue weighted by atomic mass is 10.3. The molecule has 2 aromatic carbocycles. The van der Waals surface area contributed by atoms with Crippen molar-refractivity contribution in [3.63, 3.8) is 0 Å². The predicted molar refractivity (Wildman–Crippen MR) is 113 cm³/mol. The van der Waals surface area contributed by atoms with Crippen LogP contribution in [0.3, 0.4) is 0 Å². The van der Waals surface area contributed by atoms with Crippen molar-refractivity contribution < 1.29 is 13.2 Å². The number of sulfonamides is 1. The van der Waals surface area contributed by atoms with Gasteiger partial charge in [0, 0.05) is 33.4 Å². The van der Waals surface area contributed by atoms with Gasteiger partial charge in [-0.25, -0.2) is 17.5 Å². The Hall–Kier alpha value is -2.91. The molecule has 3 aromatic rings. The molecule has 0 radical (unpaired) electrons. The van der Waals surface area contributed by atoms with Gasteiger partial charge in [0.05, 0.1) is 15.9 Å². The van der Waals surface area contributed by atoms with Crippen LogP contribution in [0.5, 0.6) is 0 Å². The van der Waals surface area contributed by atoms with Crippen molar-refractivity contribution in [3.05, 3.63) is 59.0 Å². The predicted octanol–water partition coefficient (Wildman–Crippen LogP) is 1.74. The monoisotopic (exact) mass is 416 g/mol. The smallest absolute Gasteiger partial charge is 0.314 e. The Morgan fingerprint density at radius 1 is 0.966 bits per heavy atom. The molecular weight excluding hydrogens is 392 g/mol. The second-order valence-electron chi connectivity index (χ2n) is 6.84. The average Bonchev–Trinajstić information content (AvgIpc) is 2.98. The van der Waals surface area contributed by atoms with E-state index in [2.05, 4.69) is 0 Å². The van der Waals surface area contributed by atoms with Gasteiger partial charge in [-0.05, 0) is 37.3 Å². The molecule has 0 aliphatic heterocycles. The minimum atomic E-state index is -3.67. The van der Waals surface area contributed by atoms with E-state index in [1.807, 2.05) is 25.1 Å². The highest BCUT2D eigenvalue weighted by Gasteiger charge is 2.22. The maximum absolute atomic E-state index is 12.9. The van der Waals surface area contributed by atoms with Crippen molar-refractivity contribution in [2.24, 2.45) is 0 Å². The van der Waals surface area contributed by atoms with E-state index in [0.29, 0.717) is 23.3 Å². The molecule has 154 valence electrons. The molecule has 3 rings (SSSR count). The first-order valence-corrected chi connectivity index (χ1v) is 10.6. The third-order valence-corrected chi connectivity index (χ3v) is 6.71. The summed E-state index contributed by atoms with van der Waals surface area (Å²) in [6.07, 6.45) is 0. The van der Waals surface area contributed by atoms with E-state index < -0.39 is 10.0 Å². The summed E-state index contributed by atoms with van der Waals surface area (Å²) in [5.41, 5.74) is 1.36. The van der Waals surface area contributed by atoms with Gasteiger partial charge in [-0.15, -0.1) is 0 Å². The molecular formula is C20H24N4O4S. The van der Waals surface area contributed by atoms with Crippen LogP contribution in [0, 0.1) is 0 Å². The number of aromatic nitrogens is 2. The summed E-state index contributed by atoms with van der Waals surface area (Å²) in [6, 6.07) is 13.7. The summed E-state index contributed by atoms with van der Waals surface area (Å²) >= 11 is 0. The van der Waals surface area contributed by atoms with Crippen molar-refractivity contribution in [1.82, 2.24) is 13.4 Å². The van der Waals surface area contributed by atoms with Gasteiger partial charge in [-0.2, -0.15) is 0 Å². The van der Waals surface area contributed by atoms with Crippen LogP contribution in [-0.4, -0.2) is 48.9 Å². The summed E-state index contributed by atoms with van der Waals surface area (Å²) in [4.78, 5) is 27.3. The highest BCUT2D eigenvalue weighted by molar-refractivity contribution is 7.89. The third kappa shape index (κ3) is 3.70. The van der Waals surface area contributed by atoms with Crippen LogP contribution in [0.15, 0.2) is 58.2 Å². The van der Waals surface area contributed by atoms with Gasteiger partial charge in [0.15, 0.2) is 0 Å². The van der Waals surface area contributed by atoms with E-state index in [9.17, 15) is 18.0 Å². The number of nitrogens with zero attached hydrogens (tertiary/aromatic N) is 4. The van der Waals surface area contributed by atoms with Crippen molar-refractivity contribution in [1.29, 1.82) is 0 Å². The van der Waals surface area contributed by atoms with Crippen molar-refractivity contribution >= 4 is 32.7 Å². The number of benzene rings is 2. The Morgan fingerprint density at radius 3 is 2.21 bits per heavy atom. The number of fused-ring (bicyclic) bond motifs is 1. The van der Waals surface area contributed by atoms with Crippen LogP contribution in [0.25, 0.3) is 11.0 Å². The van der Waals surface area contributed by atoms with Gasteiger partial charge in [0.2, 0.25) is 15.9 Å². The van der Waals surface area contributed by atoms with E-state index in [1.165, 1.54) is 40.3 Å². The number of rotatable bonds is 6. The van der Waals surface area contributed by atoms with Crippen molar-refractivity contribution in [3.8, 4) is 0 Å². The zero-order valence-corrected chi connectivity index (χ0v) is 17.7. The third-order valence-electron chi connectivity index (χ3n) is 4.90. The van der Waals surface area contributed by atoms with Gasteiger partial charge in [-0.3, -0.25) is 13.9 Å². The molecule has 9 heteroatoms. The quantitative estimate of drug-likeness (QED) is 0.613. The van der Waals surface area contributed by atoms with Crippen LogP contribution in [0.1, 0.15) is 6.92 Å². The van der Waals surface area contributed by atoms with Crippen LogP contribution < -0.4 is 10.6 Å². The lowest BCUT2D eigenvalue weighted by Gasteiger charge is -2.17. The molecule has 0 spiro atoms. The Balaban J connectivity index is 2.10. The topological polar surface area (TPSA) is 84.6 Å². The first-order valence-electron chi connectivity index (χ1n) is 9.15. The summed E-state index contributed by atoms with van der Waals surface area (Å²) in [6.45, 7) is 2.04. The summed E-state index contributed by atoms with van der Waals surface area (Å²) in [5.74, 6) is -0.283. The Kier molecular flexibility index (Phi) is 5.63. The molecule has 1 amide bonds. The van der Waals surface area contributed by atoms with E-state index >= 15 is 0 Å². The molecule has 8 nitrogen and oxygen atoms in total. The van der Waals surface area contributed by atoms with Crippen LogP contribution in [0.2, 0.25) is 0 Å². The lowest BCUT2D eigenvalue weighted by Crippen LogP contribution is -2.34. The molecule has 1 aromatic heterocycles. The number of likely N-dealkylation sites (N-methyl/N-ethyl adjacent to an activating group) is 1. The first-order chi connectivity index (χ1) is 13.7. The SMILES string of the molecule is CCn1c(=O)n(CC(=O)N(C)c2ccccc2)c2cc(S(=O)(=O)N(C)C)ccc21. The zero-order valence-electron chi connectivity index (χ0n) is 16.9. The minimum absolute atomic E-state index is 0.0702. The van der Waals surface area contributed by atoms with Crippen molar-refractivity contribution in [2.75, 3.05) is 26.0 Å². The molecule has 29 heavy (non-hydrogen) atoms. The molecule has 0 N–H and O–H groups in total. The Morgan fingerprint density at radius 2 is 1.62 bits per heavy atom. The normalized spacial score (nSPS) is 11.9. The van der Waals surface area contributed by atoms with E-state index in [-0.39, 0.29) is 23.0 Å². The Bertz CT molecular complexity index is 1210. The lowest BCUT2D eigenvalue weighted by molar-refractivity contribution is -0.118. The van der Waals surface area contributed by atoms with Crippen molar-refractivity contribution in [2.45, 2.75) is 24.9 Å². The number of imidazole rings is 1. The fourth-order valence-electron chi connectivity index (χ4n) is 3.17. The zero-order chi connectivity index (χ0) is 21.3. The average molecular weight is 417 g/mol. The number of hydrogen-bond donors (Lipinski definition) is 0. The minimum Gasteiger partial charge on any atom is -0.314 e. The number of hydrogen-bond acceptors (Lipinski definition) is 4. The molecule has 0 fully saturated rings. The molecule has 0 aliphatic carbocycles. The van der Waals surface area contributed by atoms with Gasteiger partial charge >= 0.3 is 5.69 Å². The summed E-state index contributed by atoms with van der Waals surface area (Å²) < 4.78 is 29.0. The number of carbonyl (C=O) groups is 1. The number of aryl methyl sites for hydroxylation is 1. The second kappa shape index (κ2) is 7.84. The molecule has 0 unspecified atom stereocenters. The van der Waals surface area contributed by atoms with Crippen LogP contribution >= 0.6 is 0 Å². The largest absolute Gasteiger partial charge is 0.329 e. The van der Waals surface area contributed by atoms with E-state index in [1.54, 1.807) is 25.2 Å². The number of carbonyl (C=O) groups excluding carboxylic acids is 1. The highest BCUT2D eigenvalue weighted by Crippen LogP contribution is 2.21. The van der Waals surface area contributed by atoms with Gasteiger partial charge in [-0.1, -0.05) is 18.2 Å².